The van der Waals surface area contributed by atoms with Crippen LogP contribution in [0.4, 0.5) is 0 Å². The Morgan fingerprint density at radius 2 is 2.00 bits per heavy atom. The van der Waals surface area contributed by atoms with E-state index in [0.29, 0.717) is 17.0 Å². The number of benzene rings is 1. The maximum Gasteiger partial charge on any atom is 0.199 e. The number of H-pyrrole nitrogens is 1. The Morgan fingerprint density at radius 3 is 2.61 bits per heavy atom. The lowest BCUT2D eigenvalue weighted by atomic mass is 9.77. The number of carbonyl (C=O) groups excluding carboxylic acids is 1. The summed E-state index contributed by atoms with van der Waals surface area (Å²) >= 11 is 0. The van der Waals surface area contributed by atoms with Crippen LogP contribution in [0.5, 0.6) is 5.88 Å². The molecule has 0 amide bonds. The van der Waals surface area contributed by atoms with E-state index in [9.17, 15) is 9.59 Å². The Balaban J connectivity index is 2.23. The number of pyridine rings is 1. The third-order valence-electron chi connectivity index (χ3n) is 4.56. The van der Waals surface area contributed by atoms with Crippen molar-refractivity contribution in [3.63, 3.8) is 0 Å². The van der Waals surface area contributed by atoms with Crippen molar-refractivity contribution in [2.24, 2.45) is 0 Å². The first-order valence-electron chi connectivity index (χ1n) is 7.60. The van der Waals surface area contributed by atoms with Crippen molar-refractivity contribution in [2.75, 3.05) is 0 Å². The molecule has 1 aromatic heterocycles. The third kappa shape index (κ3) is 2.22. The Morgan fingerprint density at radius 1 is 1.30 bits per heavy atom. The molecule has 0 saturated carbocycles. The summed E-state index contributed by atoms with van der Waals surface area (Å²) in [5.41, 5.74) is 1.52. The fourth-order valence-corrected chi connectivity index (χ4v) is 3.14. The standard InChI is InChI=1S/C19H19NO3/c1-4-12(2)17-19(3,11-21)15-16(22)14(10-20-18(15)23-17)13-8-6-5-7-9-13/h4-11,17H,1-3H3,(H,20,22)/t17-,19-/m1/s1. The molecule has 0 spiro atoms. The normalized spacial score (nSPS) is 23.3. The number of ether oxygens (including phenoxy) is 1. The Kier molecular flexibility index (Phi) is 3.68. The summed E-state index contributed by atoms with van der Waals surface area (Å²) < 4.78 is 5.88. The molecule has 1 aliphatic heterocycles. The molecule has 4 heteroatoms. The SMILES string of the molecule is CC=C(C)[C@H]1Oc2[nH]cc(-c3ccccc3)c(=O)c2[C@@]1(C)C=O. The smallest absolute Gasteiger partial charge is 0.199 e. The minimum atomic E-state index is -0.996. The molecular weight excluding hydrogens is 290 g/mol. The van der Waals surface area contributed by atoms with Gasteiger partial charge in [-0.2, -0.15) is 0 Å². The van der Waals surface area contributed by atoms with E-state index in [4.69, 9.17) is 4.74 Å². The summed E-state index contributed by atoms with van der Waals surface area (Å²) in [6.45, 7) is 5.55. The van der Waals surface area contributed by atoms with E-state index in [1.54, 1.807) is 13.1 Å². The number of hydrogen-bond acceptors (Lipinski definition) is 3. The fourth-order valence-electron chi connectivity index (χ4n) is 3.14. The summed E-state index contributed by atoms with van der Waals surface area (Å²) in [4.78, 5) is 27.9. The van der Waals surface area contributed by atoms with Crippen molar-refractivity contribution in [2.45, 2.75) is 32.3 Å². The number of carbonyl (C=O) groups is 1. The van der Waals surface area contributed by atoms with Gasteiger partial charge in [0.05, 0.1) is 11.0 Å². The average Bonchev–Trinajstić information content (AvgIpc) is 2.89. The molecule has 4 nitrogen and oxygen atoms in total. The highest BCUT2D eigenvalue weighted by atomic mass is 16.5. The van der Waals surface area contributed by atoms with Crippen LogP contribution >= 0.6 is 0 Å². The number of aldehydes is 1. The quantitative estimate of drug-likeness (QED) is 0.699. The van der Waals surface area contributed by atoms with Crippen molar-refractivity contribution in [1.29, 1.82) is 0 Å². The van der Waals surface area contributed by atoms with Crippen LogP contribution in [0, 0.1) is 0 Å². The van der Waals surface area contributed by atoms with E-state index in [2.05, 4.69) is 4.98 Å². The molecule has 0 aliphatic carbocycles. The molecule has 1 N–H and O–H groups in total. The van der Waals surface area contributed by atoms with Crippen LogP contribution in [-0.4, -0.2) is 17.4 Å². The second kappa shape index (κ2) is 5.54. The number of aromatic amines is 1. The molecule has 1 aromatic carbocycles. The molecule has 0 unspecified atom stereocenters. The Hall–Kier alpha value is -2.62. The van der Waals surface area contributed by atoms with Gasteiger partial charge in [-0.3, -0.25) is 4.79 Å². The first-order valence-corrected chi connectivity index (χ1v) is 7.60. The predicted octanol–water partition coefficient (Wildman–Crippen LogP) is 3.23. The summed E-state index contributed by atoms with van der Waals surface area (Å²) in [7, 11) is 0. The van der Waals surface area contributed by atoms with Gasteiger partial charge in [-0.15, -0.1) is 0 Å². The van der Waals surface area contributed by atoms with Crippen LogP contribution < -0.4 is 10.2 Å². The van der Waals surface area contributed by atoms with Gasteiger partial charge in [-0.05, 0) is 31.9 Å². The molecule has 2 atom stereocenters. The zero-order valence-electron chi connectivity index (χ0n) is 13.4. The number of aromatic nitrogens is 1. The van der Waals surface area contributed by atoms with Crippen molar-refractivity contribution >= 4 is 6.29 Å². The summed E-state index contributed by atoms with van der Waals surface area (Å²) in [6.07, 6.45) is 3.91. The van der Waals surface area contributed by atoms with Crippen molar-refractivity contribution in [3.8, 4) is 17.0 Å². The highest BCUT2D eigenvalue weighted by molar-refractivity contribution is 5.76. The molecule has 0 saturated heterocycles. The van der Waals surface area contributed by atoms with Gasteiger partial charge < -0.3 is 14.5 Å². The van der Waals surface area contributed by atoms with Crippen LogP contribution in [0.2, 0.25) is 0 Å². The summed E-state index contributed by atoms with van der Waals surface area (Å²) in [5.74, 6) is 0.385. The molecule has 0 radical (unpaired) electrons. The molecule has 23 heavy (non-hydrogen) atoms. The number of allylic oxidation sites excluding steroid dienone is 1. The van der Waals surface area contributed by atoms with Crippen LogP contribution in [0.15, 0.2) is 53.0 Å². The molecule has 0 fully saturated rings. The van der Waals surface area contributed by atoms with E-state index < -0.39 is 11.5 Å². The van der Waals surface area contributed by atoms with Gasteiger partial charge in [-0.1, -0.05) is 36.4 Å². The minimum absolute atomic E-state index is 0.161. The van der Waals surface area contributed by atoms with Crippen LogP contribution in [-0.2, 0) is 10.2 Å². The molecule has 1 aliphatic rings. The van der Waals surface area contributed by atoms with Gasteiger partial charge >= 0.3 is 0 Å². The molecule has 118 valence electrons. The van der Waals surface area contributed by atoms with E-state index in [-0.39, 0.29) is 5.43 Å². The topological polar surface area (TPSA) is 59.2 Å². The summed E-state index contributed by atoms with van der Waals surface area (Å²) in [5, 5.41) is 0. The van der Waals surface area contributed by atoms with Crippen LogP contribution in [0.25, 0.3) is 11.1 Å². The first-order chi connectivity index (χ1) is 11.0. The lowest BCUT2D eigenvalue weighted by molar-refractivity contribution is -0.113. The van der Waals surface area contributed by atoms with E-state index in [1.807, 2.05) is 50.3 Å². The summed E-state index contributed by atoms with van der Waals surface area (Å²) in [6, 6.07) is 9.41. The van der Waals surface area contributed by atoms with Gasteiger partial charge in [0.15, 0.2) is 11.3 Å². The largest absolute Gasteiger partial charge is 0.469 e. The monoisotopic (exact) mass is 309 g/mol. The number of rotatable bonds is 3. The number of nitrogens with one attached hydrogen (secondary N) is 1. The van der Waals surface area contributed by atoms with Gasteiger partial charge in [-0.25, -0.2) is 0 Å². The van der Waals surface area contributed by atoms with Gasteiger partial charge in [0.25, 0.3) is 0 Å². The molecular formula is C19H19NO3. The van der Waals surface area contributed by atoms with E-state index in [0.717, 1.165) is 17.4 Å². The highest BCUT2D eigenvalue weighted by Crippen LogP contribution is 2.41. The molecule has 2 aromatic rings. The second-order valence-corrected chi connectivity index (χ2v) is 6.03. The zero-order chi connectivity index (χ0) is 16.6. The Labute approximate surface area is 134 Å². The molecule has 0 bridgehead atoms. The first kappa shape index (κ1) is 15.3. The zero-order valence-corrected chi connectivity index (χ0v) is 13.4. The fraction of sp³-hybridized carbons (Fsp3) is 0.263. The lowest BCUT2D eigenvalue weighted by Gasteiger charge is -2.24. The molecule has 2 heterocycles. The highest BCUT2D eigenvalue weighted by Gasteiger charge is 2.49. The van der Waals surface area contributed by atoms with Crippen LogP contribution in [0.1, 0.15) is 26.3 Å². The van der Waals surface area contributed by atoms with Gasteiger partial charge in [0.2, 0.25) is 0 Å². The lowest BCUT2D eigenvalue weighted by Crippen LogP contribution is -2.40. The maximum atomic E-state index is 13.0. The van der Waals surface area contributed by atoms with Gasteiger partial charge in [0, 0.05) is 11.8 Å². The van der Waals surface area contributed by atoms with E-state index >= 15 is 0 Å². The maximum absolute atomic E-state index is 13.0. The predicted molar refractivity (Wildman–Crippen MR) is 89.8 cm³/mol. The van der Waals surface area contributed by atoms with Crippen LogP contribution in [0.3, 0.4) is 0 Å². The Bertz CT molecular complexity index is 835. The van der Waals surface area contributed by atoms with Crippen molar-refractivity contribution < 1.29 is 9.53 Å². The number of hydrogen-bond donors (Lipinski definition) is 1. The number of fused-ring (bicyclic) bond motifs is 1. The van der Waals surface area contributed by atoms with Crippen molar-refractivity contribution in [3.05, 3.63) is 64.0 Å². The van der Waals surface area contributed by atoms with Crippen molar-refractivity contribution in [1.82, 2.24) is 4.98 Å². The van der Waals surface area contributed by atoms with E-state index in [1.165, 1.54) is 0 Å². The third-order valence-corrected chi connectivity index (χ3v) is 4.56. The van der Waals surface area contributed by atoms with Gasteiger partial charge in [0.1, 0.15) is 12.4 Å². The second-order valence-electron chi connectivity index (χ2n) is 6.03. The average molecular weight is 309 g/mol. The molecule has 3 rings (SSSR count). The minimum Gasteiger partial charge on any atom is -0.469 e.